The van der Waals surface area contributed by atoms with Gasteiger partial charge in [-0.2, -0.15) is 0 Å². The van der Waals surface area contributed by atoms with Gasteiger partial charge in [-0.05, 0) is 37.1 Å². The van der Waals surface area contributed by atoms with Gasteiger partial charge in [0.05, 0.1) is 25.2 Å². The van der Waals surface area contributed by atoms with E-state index in [1.54, 1.807) is 19.5 Å². The van der Waals surface area contributed by atoms with Gasteiger partial charge in [0.1, 0.15) is 5.75 Å². The van der Waals surface area contributed by atoms with Gasteiger partial charge < -0.3 is 10.1 Å². The molecule has 1 heterocycles. The Labute approximate surface area is 117 Å². The predicted octanol–water partition coefficient (Wildman–Crippen LogP) is 2.50. The van der Waals surface area contributed by atoms with Crippen molar-refractivity contribution in [2.24, 2.45) is 5.92 Å². The first-order chi connectivity index (χ1) is 9.76. The topological polar surface area (TPSA) is 64.1 Å². The molecular formula is C15H15N3O2. The van der Waals surface area contributed by atoms with E-state index in [9.17, 15) is 4.79 Å². The Balaban J connectivity index is 1.72. The minimum absolute atomic E-state index is 0.0609. The van der Waals surface area contributed by atoms with E-state index < -0.39 is 0 Å². The number of benzene rings is 1. The number of hydrogen-bond acceptors (Lipinski definition) is 4. The van der Waals surface area contributed by atoms with Crippen molar-refractivity contribution in [1.82, 2.24) is 9.97 Å². The van der Waals surface area contributed by atoms with Crippen LogP contribution in [0.25, 0.3) is 11.4 Å². The molecule has 0 saturated heterocycles. The van der Waals surface area contributed by atoms with Crippen molar-refractivity contribution in [2.75, 3.05) is 12.4 Å². The molecule has 102 valence electrons. The molecule has 0 spiro atoms. The monoisotopic (exact) mass is 269 g/mol. The number of aromatic nitrogens is 2. The quantitative estimate of drug-likeness (QED) is 0.926. The summed E-state index contributed by atoms with van der Waals surface area (Å²) < 4.78 is 5.11. The van der Waals surface area contributed by atoms with E-state index in [4.69, 9.17) is 4.74 Å². The number of methoxy groups -OCH3 is 1. The smallest absolute Gasteiger partial charge is 0.227 e. The zero-order valence-corrected chi connectivity index (χ0v) is 11.2. The Kier molecular flexibility index (Phi) is 3.33. The summed E-state index contributed by atoms with van der Waals surface area (Å²) in [5.41, 5.74) is 1.55. The molecule has 0 atom stereocenters. The van der Waals surface area contributed by atoms with Crippen LogP contribution >= 0.6 is 0 Å². The van der Waals surface area contributed by atoms with Crippen molar-refractivity contribution < 1.29 is 9.53 Å². The van der Waals surface area contributed by atoms with E-state index in [2.05, 4.69) is 15.3 Å². The summed E-state index contributed by atoms with van der Waals surface area (Å²) in [6.07, 6.45) is 5.23. The average molecular weight is 269 g/mol. The van der Waals surface area contributed by atoms with Crippen LogP contribution in [0.4, 0.5) is 5.69 Å². The van der Waals surface area contributed by atoms with Crippen LogP contribution in [-0.2, 0) is 4.79 Å². The molecule has 1 amide bonds. The van der Waals surface area contributed by atoms with Gasteiger partial charge in [0.25, 0.3) is 0 Å². The standard InChI is InChI=1S/C15H15N3O2/c1-20-13-6-4-10(5-7-13)14-16-8-12(9-17-14)18-15(19)11-2-3-11/h4-9,11H,2-3H2,1H3,(H,18,19). The van der Waals surface area contributed by atoms with Gasteiger partial charge >= 0.3 is 0 Å². The Morgan fingerprint density at radius 3 is 2.40 bits per heavy atom. The zero-order valence-electron chi connectivity index (χ0n) is 11.2. The van der Waals surface area contributed by atoms with Crippen molar-refractivity contribution in [3.05, 3.63) is 36.7 Å². The van der Waals surface area contributed by atoms with E-state index in [0.717, 1.165) is 24.2 Å². The second kappa shape index (κ2) is 5.28. The van der Waals surface area contributed by atoms with Crippen molar-refractivity contribution in [1.29, 1.82) is 0 Å². The number of carbonyl (C=O) groups excluding carboxylic acids is 1. The van der Waals surface area contributed by atoms with E-state index in [-0.39, 0.29) is 11.8 Å². The van der Waals surface area contributed by atoms with E-state index in [0.29, 0.717) is 11.5 Å². The van der Waals surface area contributed by atoms with E-state index in [1.807, 2.05) is 24.3 Å². The van der Waals surface area contributed by atoms with Gasteiger partial charge in [0, 0.05) is 11.5 Å². The molecule has 1 aliphatic carbocycles. The number of amides is 1. The first-order valence-electron chi connectivity index (χ1n) is 6.53. The Hall–Kier alpha value is -2.43. The largest absolute Gasteiger partial charge is 0.497 e. The summed E-state index contributed by atoms with van der Waals surface area (Å²) in [6.45, 7) is 0. The molecule has 5 nitrogen and oxygen atoms in total. The average Bonchev–Trinajstić information content (AvgIpc) is 3.33. The van der Waals surface area contributed by atoms with Crippen molar-refractivity contribution in [2.45, 2.75) is 12.8 Å². The lowest BCUT2D eigenvalue weighted by Crippen LogP contribution is -2.13. The lowest BCUT2D eigenvalue weighted by Gasteiger charge is -2.05. The van der Waals surface area contributed by atoms with Crippen LogP contribution in [0.5, 0.6) is 5.75 Å². The molecule has 1 aromatic heterocycles. The first-order valence-corrected chi connectivity index (χ1v) is 6.53. The molecular weight excluding hydrogens is 254 g/mol. The zero-order chi connectivity index (χ0) is 13.9. The second-order valence-electron chi connectivity index (χ2n) is 4.79. The SMILES string of the molecule is COc1ccc(-c2ncc(NC(=O)C3CC3)cn2)cc1. The molecule has 0 radical (unpaired) electrons. The van der Waals surface area contributed by atoms with E-state index in [1.165, 1.54) is 0 Å². The molecule has 0 unspecified atom stereocenters. The molecule has 3 rings (SSSR count). The third kappa shape index (κ3) is 2.77. The molecule has 5 heteroatoms. The third-order valence-electron chi connectivity index (χ3n) is 3.22. The number of nitrogens with one attached hydrogen (secondary N) is 1. The number of rotatable bonds is 4. The summed E-state index contributed by atoms with van der Waals surface area (Å²) in [7, 11) is 1.63. The van der Waals surface area contributed by atoms with Crippen LogP contribution in [0.3, 0.4) is 0 Å². The minimum Gasteiger partial charge on any atom is -0.497 e. The molecule has 0 aliphatic heterocycles. The van der Waals surface area contributed by atoms with E-state index >= 15 is 0 Å². The van der Waals surface area contributed by atoms with Crippen molar-refractivity contribution in [3.8, 4) is 17.1 Å². The number of hydrogen-bond donors (Lipinski definition) is 1. The molecule has 1 N–H and O–H groups in total. The highest BCUT2D eigenvalue weighted by Crippen LogP contribution is 2.30. The number of anilines is 1. The summed E-state index contributed by atoms with van der Waals surface area (Å²) in [4.78, 5) is 20.2. The summed E-state index contributed by atoms with van der Waals surface area (Å²) in [5, 5.41) is 2.82. The maximum atomic E-state index is 11.6. The lowest BCUT2D eigenvalue weighted by atomic mass is 10.2. The van der Waals surface area contributed by atoms with Crippen LogP contribution in [0.1, 0.15) is 12.8 Å². The lowest BCUT2D eigenvalue weighted by molar-refractivity contribution is -0.117. The third-order valence-corrected chi connectivity index (χ3v) is 3.22. The maximum Gasteiger partial charge on any atom is 0.227 e. The molecule has 2 aromatic rings. The van der Waals surface area contributed by atoms with Gasteiger partial charge in [-0.25, -0.2) is 9.97 Å². The fourth-order valence-electron chi connectivity index (χ4n) is 1.87. The number of nitrogens with zero attached hydrogens (tertiary/aromatic N) is 2. The van der Waals surface area contributed by atoms with Crippen LogP contribution in [0.15, 0.2) is 36.7 Å². The summed E-state index contributed by atoms with van der Waals surface area (Å²) in [6, 6.07) is 7.52. The second-order valence-corrected chi connectivity index (χ2v) is 4.79. The molecule has 1 fully saturated rings. The Morgan fingerprint density at radius 1 is 1.20 bits per heavy atom. The molecule has 0 bridgehead atoms. The highest BCUT2D eigenvalue weighted by molar-refractivity contribution is 5.93. The van der Waals surface area contributed by atoms with Gasteiger partial charge in [0.15, 0.2) is 5.82 Å². The van der Waals surface area contributed by atoms with Crippen LogP contribution in [0.2, 0.25) is 0 Å². The Morgan fingerprint density at radius 2 is 1.85 bits per heavy atom. The highest BCUT2D eigenvalue weighted by atomic mass is 16.5. The highest BCUT2D eigenvalue weighted by Gasteiger charge is 2.29. The summed E-state index contributed by atoms with van der Waals surface area (Å²) >= 11 is 0. The Bertz CT molecular complexity index is 604. The maximum absolute atomic E-state index is 11.6. The molecule has 1 aromatic carbocycles. The van der Waals surface area contributed by atoms with Gasteiger partial charge in [-0.3, -0.25) is 4.79 Å². The molecule has 1 saturated carbocycles. The van der Waals surface area contributed by atoms with Crippen LogP contribution in [0, 0.1) is 5.92 Å². The summed E-state index contributed by atoms with van der Waals surface area (Å²) in [5.74, 6) is 1.65. The fourth-order valence-corrected chi connectivity index (χ4v) is 1.87. The number of ether oxygens (including phenoxy) is 1. The fraction of sp³-hybridized carbons (Fsp3) is 0.267. The van der Waals surface area contributed by atoms with Crippen molar-refractivity contribution in [3.63, 3.8) is 0 Å². The van der Waals surface area contributed by atoms with Crippen LogP contribution < -0.4 is 10.1 Å². The van der Waals surface area contributed by atoms with Crippen LogP contribution in [-0.4, -0.2) is 23.0 Å². The first kappa shape index (κ1) is 12.6. The molecule has 20 heavy (non-hydrogen) atoms. The normalized spacial score (nSPS) is 13.8. The van der Waals surface area contributed by atoms with Gasteiger partial charge in [-0.1, -0.05) is 0 Å². The number of carbonyl (C=O) groups is 1. The predicted molar refractivity (Wildman–Crippen MR) is 75.4 cm³/mol. The minimum atomic E-state index is 0.0609. The van der Waals surface area contributed by atoms with Crippen molar-refractivity contribution >= 4 is 11.6 Å². The van der Waals surface area contributed by atoms with Gasteiger partial charge in [-0.15, -0.1) is 0 Å². The molecule has 1 aliphatic rings. The van der Waals surface area contributed by atoms with Gasteiger partial charge in [0.2, 0.25) is 5.91 Å².